The molecule has 0 aromatic carbocycles. The van der Waals surface area contributed by atoms with Gasteiger partial charge in [-0.3, -0.25) is 5.10 Å². The quantitative estimate of drug-likeness (QED) is 0.700. The number of hydrogen-bond donors (Lipinski definition) is 2. The molecule has 3 N–H and O–H groups in total. The predicted octanol–water partition coefficient (Wildman–Crippen LogP) is 1.02. The minimum absolute atomic E-state index is 0.111. The molecule has 1 aliphatic heterocycles. The van der Waals surface area contributed by atoms with Gasteiger partial charge in [0.25, 0.3) is 0 Å². The Hall–Kier alpha value is -1.52. The van der Waals surface area contributed by atoms with Crippen LogP contribution in [-0.2, 0) is 0 Å². The third-order valence-electron chi connectivity index (χ3n) is 2.69. The fourth-order valence-corrected chi connectivity index (χ4v) is 1.99. The lowest BCUT2D eigenvalue weighted by molar-refractivity contribution is 0.160. The van der Waals surface area contributed by atoms with E-state index in [0.717, 1.165) is 31.4 Å². The normalized spacial score (nSPS) is 22.3. The third kappa shape index (κ3) is 1.57. The number of piperidine rings is 1. The number of carbonyl (C=O) groups excluding carboxylic acids is 1. The molecule has 2 heterocycles. The van der Waals surface area contributed by atoms with Crippen LogP contribution >= 0.6 is 0 Å². The Labute approximate surface area is 82.3 Å². The Bertz CT molecular complexity index is 309. The van der Waals surface area contributed by atoms with Gasteiger partial charge in [0.05, 0.1) is 12.2 Å². The number of hydrogen-bond acceptors (Lipinski definition) is 2. The summed E-state index contributed by atoms with van der Waals surface area (Å²) < 4.78 is 0. The number of nitrogens with one attached hydrogen (secondary N) is 1. The zero-order valence-electron chi connectivity index (χ0n) is 7.94. The average molecular weight is 194 g/mol. The van der Waals surface area contributed by atoms with E-state index in [4.69, 9.17) is 5.73 Å². The van der Waals surface area contributed by atoms with E-state index in [1.54, 1.807) is 11.1 Å². The van der Waals surface area contributed by atoms with Crippen molar-refractivity contribution in [3.63, 3.8) is 0 Å². The Morgan fingerprint density at radius 1 is 1.64 bits per heavy atom. The Morgan fingerprint density at radius 3 is 3.14 bits per heavy atom. The Balaban J connectivity index is 2.18. The lowest BCUT2D eigenvalue weighted by Crippen LogP contribution is -2.41. The molecule has 1 fully saturated rings. The first kappa shape index (κ1) is 9.05. The van der Waals surface area contributed by atoms with Crippen LogP contribution < -0.4 is 5.73 Å². The van der Waals surface area contributed by atoms with Crippen LogP contribution in [0.15, 0.2) is 12.4 Å². The molecule has 76 valence electrons. The van der Waals surface area contributed by atoms with Crippen LogP contribution in [0.4, 0.5) is 4.79 Å². The number of urea groups is 1. The molecule has 5 heteroatoms. The maximum atomic E-state index is 11.2. The van der Waals surface area contributed by atoms with Gasteiger partial charge < -0.3 is 10.6 Å². The van der Waals surface area contributed by atoms with Crippen molar-refractivity contribution in [1.82, 2.24) is 15.1 Å². The smallest absolute Gasteiger partial charge is 0.315 e. The molecule has 0 radical (unpaired) electrons. The number of amides is 2. The van der Waals surface area contributed by atoms with Crippen molar-refractivity contribution in [1.29, 1.82) is 0 Å². The van der Waals surface area contributed by atoms with Crippen molar-refractivity contribution in [2.24, 2.45) is 5.73 Å². The molecule has 2 rings (SSSR count). The summed E-state index contributed by atoms with van der Waals surface area (Å²) in [6.45, 7) is 0.755. The van der Waals surface area contributed by atoms with E-state index in [1.165, 1.54) is 0 Å². The largest absolute Gasteiger partial charge is 0.351 e. The molecule has 1 aromatic rings. The van der Waals surface area contributed by atoms with Gasteiger partial charge in [0.2, 0.25) is 0 Å². The maximum absolute atomic E-state index is 11.2. The van der Waals surface area contributed by atoms with Crippen molar-refractivity contribution >= 4 is 6.03 Å². The van der Waals surface area contributed by atoms with Gasteiger partial charge >= 0.3 is 6.03 Å². The van der Waals surface area contributed by atoms with Gasteiger partial charge in [-0.25, -0.2) is 4.79 Å². The molecule has 0 bridgehead atoms. The first-order valence-electron chi connectivity index (χ1n) is 4.84. The van der Waals surface area contributed by atoms with Crippen LogP contribution in [-0.4, -0.2) is 27.7 Å². The summed E-state index contributed by atoms with van der Waals surface area (Å²) in [5.74, 6) is 0. The number of aromatic amines is 1. The van der Waals surface area contributed by atoms with Crippen LogP contribution in [0.3, 0.4) is 0 Å². The summed E-state index contributed by atoms with van der Waals surface area (Å²) in [6.07, 6.45) is 6.73. The van der Waals surface area contributed by atoms with E-state index in [-0.39, 0.29) is 12.1 Å². The highest BCUT2D eigenvalue weighted by atomic mass is 16.2. The van der Waals surface area contributed by atoms with Crippen molar-refractivity contribution in [2.45, 2.75) is 25.3 Å². The first-order valence-corrected chi connectivity index (χ1v) is 4.84. The molecule has 1 unspecified atom stereocenters. The molecule has 5 nitrogen and oxygen atoms in total. The molecular formula is C9H14N4O. The number of nitrogens with two attached hydrogens (primary N) is 1. The van der Waals surface area contributed by atoms with Crippen molar-refractivity contribution in [3.05, 3.63) is 18.0 Å². The fourth-order valence-electron chi connectivity index (χ4n) is 1.99. The van der Waals surface area contributed by atoms with Crippen molar-refractivity contribution in [2.75, 3.05) is 6.54 Å². The topological polar surface area (TPSA) is 75.0 Å². The number of likely N-dealkylation sites (tertiary alicyclic amines) is 1. The number of nitrogens with zero attached hydrogens (tertiary/aromatic N) is 2. The molecule has 14 heavy (non-hydrogen) atoms. The molecule has 1 aromatic heterocycles. The maximum Gasteiger partial charge on any atom is 0.315 e. The fraction of sp³-hybridized carbons (Fsp3) is 0.556. The summed E-state index contributed by atoms with van der Waals surface area (Å²) in [7, 11) is 0. The summed E-state index contributed by atoms with van der Waals surface area (Å²) in [5, 5.41) is 6.65. The number of carbonyl (C=O) groups is 1. The SMILES string of the molecule is NC(=O)N1CCCCC1c1cn[nH]c1. The van der Waals surface area contributed by atoms with Gasteiger partial charge in [0.1, 0.15) is 0 Å². The molecular weight excluding hydrogens is 180 g/mol. The monoisotopic (exact) mass is 194 g/mol. The van der Waals surface area contributed by atoms with E-state index in [1.807, 2.05) is 6.20 Å². The Kier molecular flexibility index (Phi) is 2.39. The summed E-state index contributed by atoms with van der Waals surface area (Å²) in [4.78, 5) is 12.9. The van der Waals surface area contributed by atoms with Crippen LogP contribution in [0, 0.1) is 0 Å². The van der Waals surface area contributed by atoms with E-state index >= 15 is 0 Å². The first-order chi connectivity index (χ1) is 6.79. The Morgan fingerprint density at radius 2 is 2.50 bits per heavy atom. The van der Waals surface area contributed by atoms with Gasteiger partial charge in [0.15, 0.2) is 0 Å². The summed E-state index contributed by atoms with van der Waals surface area (Å²) in [5.41, 5.74) is 6.36. The van der Waals surface area contributed by atoms with Crippen LogP contribution in [0.25, 0.3) is 0 Å². The number of primary amides is 1. The minimum Gasteiger partial charge on any atom is -0.351 e. The standard InChI is InChI=1S/C9H14N4O/c10-9(14)13-4-2-1-3-8(13)7-5-11-12-6-7/h5-6,8H,1-4H2,(H2,10,14)(H,11,12). The van der Waals surface area contributed by atoms with Gasteiger partial charge in [-0.2, -0.15) is 5.10 Å². The van der Waals surface area contributed by atoms with Gasteiger partial charge in [0, 0.05) is 18.3 Å². The molecule has 2 amide bonds. The van der Waals surface area contributed by atoms with E-state index in [9.17, 15) is 4.79 Å². The van der Waals surface area contributed by atoms with Crippen molar-refractivity contribution < 1.29 is 4.79 Å². The second kappa shape index (κ2) is 3.69. The molecule has 1 saturated heterocycles. The highest BCUT2D eigenvalue weighted by Crippen LogP contribution is 2.29. The van der Waals surface area contributed by atoms with Crippen LogP contribution in [0.2, 0.25) is 0 Å². The zero-order chi connectivity index (χ0) is 9.97. The number of aromatic nitrogens is 2. The molecule has 1 atom stereocenters. The van der Waals surface area contributed by atoms with E-state index < -0.39 is 0 Å². The lowest BCUT2D eigenvalue weighted by atomic mass is 9.98. The van der Waals surface area contributed by atoms with Gasteiger partial charge in [-0.05, 0) is 19.3 Å². The predicted molar refractivity (Wildman–Crippen MR) is 51.5 cm³/mol. The second-order valence-electron chi connectivity index (χ2n) is 3.57. The van der Waals surface area contributed by atoms with E-state index in [2.05, 4.69) is 10.2 Å². The third-order valence-corrected chi connectivity index (χ3v) is 2.69. The molecule has 0 saturated carbocycles. The van der Waals surface area contributed by atoms with Crippen LogP contribution in [0.5, 0.6) is 0 Å². The van der Waals surface area contributed by atoms with Crippen LogP contribution in [0.1, 0.15) is 30.9 Å². The lowest BCUT2D eigenvalue weighted by Gasteiger charge is -2.33. The highest BCUT2D eigenvalue weighted by molar-refractivity contribution is 5.72. The summed E-state index contributed by atoms with van der Waals surface area (Å²) in [6, 6.07) is -0.226. The molecule has 0 spiro atoms. The zero-order valence-corrected chi connectivity index (χ0v) is 7.94. The molecule has 1 aliphatic rings. The van der Waals surface area contributed by atoms with E-state index in [0.29, 0.717) is 0 Å². The summed E-state index contributed by atoms with van der Waals surface area (Å²) >= 11 is 0. The van der Waals surface area contributed by atoms with Gasteiger partial charge in [-0.15, -0.1) is 0 Å². The van der Waals surface area contributed by atoms with Gasteiger partial charge in [-0.1, -0.05) is 0 Å². The number of rotatable bonds is 1. The average Bonchev–Trinajstić information content (AvgIpc) is 2.70. The minimum atomic E-state index is -0.337. The molecule has 0 aliphatic carbocycles. The van der Waals surface area contributed by atoms with Crippen molar-refractivity contribution in [3.8, 4) is 0 Å². The highest BCUT2D eigenvalue weighted by Gasteiger charge is 2.26. The number of H-pyrrole nitrogens is 1. The second-order valence-corrected chi connectivity index (χ2v) is 3.57.